The number of allylic oxidation sites excluding steroid dienone is 1. The number of hydrogen-bond acceptors (Lipinski definition) is 7. The Kier molecular flexibility index (Phi) is 9.38. The molecule has 3 aromatic carbocycles. The van der Waals surface area contributed by atoms with Crippen LogP contribution >= 0.6 is 0 Å². The fourth-order valence-corrected chi connectivity index (χ4v) is 4.59. The van der Waals surface area contributed by atoms with Crippen molar-refractivity contribution < 1.29 is 24.5 Å². The molecule has 8 nitrogen and oxygen atoms in total. The molecule has 2 unspecified atom stereocenters. The second kappa shape index (κ2) is 13.1. The van der Waals surface area contributed by atoms with Gasteiger partial charge in [-0.2, -0.15) is 0 Å². The first-order valence-electron chi connectivity index (χ1n) is 12.9. The Morgan fingerprint density at radius 3 is 2.56 bits per heavy atom. The molecule has 0 aliphatic heterocycles. The summed E-state index contributed by atoms with van der Waals surface area (Å²) in [6.45, 7) is 1.31. The number of ether oxygens (including phenoxy) is 2. The molecule has 0 aromatic heterocycles. The summed E-state index contributed by atoms with van der Waals surface area (Å²) in [4.78, 5) is 10.7. The predicted molar refractivity (Wildman–Crippen MR) is 152 cm³/mol. The lowest BCUT2D eigenvalue weighted by atomic mass is 9.85. The van der Waals surface area contributed by atoms with Gasteiger partial charge in [-0.05, 0) is 66.1 Å². The van der Waals surface area contributed by atoms with Crippen molar-refractivity contribution in [3.05, 3.63) is 107 Å². The first-order valence-corrected chi connectivity index (χ1v) is 12.9. The van der Waals surface area contributed by atoms with Crippen LogP contribution in [0.25, 0.3) is 5.57 Å². The molecule has 0 heterocycles. The van der Waals surface area contributed by atoms with Crippen LogP contribution < -0.4 is 21.1 Å². The minimum atomic E-state index is -0.780. The number of carbonyl (C=O) groups is 1. The Hall–Kier alpha value is -4.11. The highest BCUT2D eigenvalue weighted by Gasteiger charge is 2.34. The number of nitrogens with two attached hydrogens (primary N) is 1. The minimum absolute atomic E-state index is 0.0526. The van der Waals surface area contributed by atoms with Crippen LogP contribution in [0.4, 0.5) is 5.69 Å². The van der Waals surface area contributed by atoms with E-state index in [1.165, 1.54) is 6.07 Å². The van der Waals surface area contributed by atoms with Crippen LogP contribution in [0.3, 0.4) is 0 Å². The number of phenols is 1. The highest BCUT2D eigenvalue weighted by molar-refractivity contribution is 5.75. The first kappa shape index (κ1) is 27.9. The van der Waals surface area contributed by atoms with Crippen LogP contribution in [-0.2, 0) is 16.0 Å². The van der Waals surface area contributed by atoms with E-state index in [4.69, 9.17) is 15.2 Å². The molecule has 4 rings (SSSR count). The van der Waals surface area contributed by atoms with Crippen molar-refractivity contribution >= 4 is 17.7 Å². The van der Waals surface area contributed by atoms with Crippen molar-refractivity contribution in [1.29, 1.82) is 0 Å². The van der Waals surface area contributed by atoms with E-state index in [0.717, 1.165) is 34.6 Å². The van der Waals surface area contributed by atoms with Crippen LogP contribution in [0.1, 0.15) is 29.2 Å². The van der Waals surface area contributed by atoms with Gasteiger partial charge in [-0.3, -0.25) is 4.79 Å². The molecule has 0 saturated heterocycles. The van der Waals surface area contributed by atoms with Crippen molar-refractivity contribution in [3.8, 4) is 11.5 Å². The van der Waals surface area contributed by atoms with Gasteiger partial charge >= 0.3 is 0 Å². The number of rotatable bonds is 13. The van der Waals surface area contributed by atoms with Crippen molar-refractivity contribution in [1.82, 2.24) is 5.32 Å². The van der Waals surface area contributed by atoms with Gasteiger partial charge in [0.25, 0.3) is 0 Å². The molecule has 3 aromatic rings. The van der Waals surface area contributed by atoms with Gasteiger partial charge in [0.05, 0.1) is 18.9 Å². The second-order valence-electron chi connectivity index (χ2n) is 9.45. The Morgan fingerprint density at radius 2 is 1.87 bits per heavy atom. The fraction of sp³-hybridized carbons (Fsp3) is 0.258. The van der Waals surface area contributed by atoms with Crippen LogP contribution in [-0.4, -0.2) is 49.0 Å². The lowest BCUT2D eigenvalue weighted by Crippen LogP contribution is -2.43. The largest absolute Gasteiger partial charge is 0.506 e. The normalized spacial score (nSPS) is 17.5. The number of carbonyl (C=O) groups excluding carboxylic acids is 1. The fourth-order valence-electron chi connectivity index (χ4n) is 4.59. The molecule has 6 N–H and O–H groups in total. The number of aromatic hydroxyl groups is 1. The van der Waals surface area contributed by atoms with E-state index in [1.54, 1.807) is 19.2 Å². The summed E-state index contributed by atoms with van der Waals surface area (Å²) in [7, 11) is 1.67. The van der Waals surface area contributed by atoms with E-state index >= 15 is 0 Å². The zero-order valence-corrected chi connectivity index (χ0v) is 22.0. The molecule has 204 valence electrons. The van der Waals surface area contributed by atoms with E-state index in [0.29, 0.717) is 38.0 Å². The molecule has 0 fully saturated rings. The molecular formula is C31H35N3O5. The Morgan fingerprint density at radius 1 is 1.10 bits per heavy atom. The van der Waals surface area contributed by atoms with Crippen LogP contribution in [0, 0.1) is 0 Å². The van der Waals surface area contributed by atoms with Crippen molar-refractivity contribution in [2.45, 2.75) is 24.5 Å². The summed E-state index contributed by atoms with van der Waals surface area (Å²) in [5.41, 5.74) is 9.66. The van der Waals surface area contributed by atoms with E-state index < -0.39 is 11.7 Å². The molecule has 0 saturated carbocycles. The summed E-state index contributed by atoms with van der Waals surface area (Å²) in [6.07, 6.45) is 4.98. The number of aliphatic hydroxyl groups excluding tert-OH is 1. The van der Waals surface area contributed by atoms with E-state index in [2.05, 4.69) is 22.8 Å². The minimum Gasteiger partial charge on any atom is -0.506 e. The molecule has 0 bridgehead atoms. The number of aliphatic hydroxyl groups is 1. The quantitative estimate of drug-likeness (QED) is 0.129. The average molecular weight is 530 g/mol. The highest BCUT2D eigenvalue weighted by atomic mass is 16.5. The third-order valence-electron chi connectivity index (χ3n) is 6.79. The average Bonchev–Trinajstić information content (AvgIpc) is 2.97. The second-order valence-corrected chi connectivity index (χ2v) is 9.45. The van der Waals surface area contributed by atoms with Gasteiger partial charge in [-0.15, -0.1) is 0 Å². The van der Waals surface area contributed by atoms with Gasteiger partial charge in [-0.25, -0.2) is 0 Å². The van der Waals surface area contributed by atoms with Crippen LogP contribution in [0.2, 0.25) is 0 Å². The SMILES string of the molecule is COC1=C(c2ccccc2)CC(CN)(Oc2ccc(CCNCC(O)c3ccc(O)c(NC=O)c3)cc2)C=C1. The number of amides is 1. The van der Waals surface area contributed by atoms with Crippen molar-refractivity contribution in [3.63, 3.8) is 0 Å². The highest BCUT2D eigenvalue weighted by Crippen LogP contribution is 2.37. The van der Waals surface area contributed by atoms with Gasteiger partial charge < -0.3 is 36.1 Å². The zero-order chi connectivity index (χ0) is 27.7. The molecule has 1 amide bonds. The van der Waals surface area contributed by atoms with Crippen LogP contribution in [0.5, 0.6) is 11.5 Å². The number of methoxy groups -OCH3 is 1. The van der Waals surface area contributed by atoms with Crippen LogP contribution in [0.15, 0.2) is 90.7 Å². The first-order chi connectivity index (χ1) is 19.0. The van der Waals surface area contributed by atoms with Crippen molar-refractivity contribution in [2.24, 2.45) is 5.73 Å². The summed E-state index contributed by atoms with van der Waals surface area (Å²) < 4.78 is 12.1. The lowest BCUT2D eigenvalue weighted by Gasteiger charge is -2.34. The standard InChI is InChI=1S/C31H35N3O5/c1-38-30-13-15-31(20-32,18-26(30)23-5-3-2-4-6-23)39-25-10-7-22(8-11-25)14-16-33-19-29(37)24-9-12-28(36)27(17-24)34-21-35/h2-13,15,17,21,29,33,36-37H,14,16,18-20,32H2,1H3,(H,34,35). The number of benzene rings is 3. The summed E-state index contributed by atoms with van der Waals surface area (Å²) in [6, 6.07) is 22.7. The summed E-state index contributed by atoms with van der Waals surface area (Å²) in [5.74, 6) is 1.49. The topological polar surface area (TPSA) is 126 Å². The van der Waals surface area contributed by atoms with E-state index in [-0.39, 0.29) is 11.4 Å². The summed E-state index contributed by atoms with van der Waals surface area (Å²) >= 11 is 0. The molecule has 2 atom stereocenters. The predicted octanol–water partition coefficient (Wildman–Crippen LogP) is 3.92. The van der Waals surface area contributed by atoms with Gasteiger partial charge in [0.15, 0.2) is 0 Å². The maximum absolute atomic E-state index is 10.7. The van der Waals surface area contributed by atoms with E-state index in [1.807, 2.05) is 54.6 Å². The lowest BCUT2D eigenvalue weighted by molar-refractivity contribution is -0.105. The molecule has 39 heavy (non-hydrogen) atoms. The van der Waals surface area contributed by atoms with Gasteiger partial charge in [0.2, 0.25) is 6.41 Å². The van der Waals surface area contributed by atoms with Gasteiger partial charge in [0, 0.05) is 25.1 Å². The Bertz CT molecular complexity index is 1310. The number of phenolic OH excluding ortho intramolecular Hbond substituents is 1. The van der Waals surface area contributed by atoms with Crippen molar-refractivity contribution in [2.75, 3.05) is 32.1 Å². The third-order valence-corrected chi connectivity index (χ3v) is 6.79. The monoisotopic (exact) mass is 529 g/mol. The third kappa shape index (κ3) is 7.06. The number of nitrogens with one attached hydrogen (secondary N) is 2. The van der Waals surface area contributed by atoms with E-state index in [9.17, 15) is 15.0 Å². The Labute approximate surface area is 228 Å². The Balaban J connectivity index is 1.31. The zero-order valence-electron chi connectivity index (χ0n) is 22.0. The molecule has 1 aliphatic rings. The molecule has 0 radical (unpaired) electrons. The van der Waals surface area contributed by atoms with Gasteiger partial charge in [-0.1, -0.05) is 48.5 Å². The summed E-state index contributed by atoms with van der Waals surface area (Å²) in [5, 5.41) is 25.9. The molecule has 1 aliphatic carbocycles. The number of anilines is 1. The molecule has 0 spiro atoms. The smallest absolute Gasteiger partial charge is 0.211 e. The van der Waals surface area contributed by atoms with Gasteiger partial charge in [0.1, 0.15) is 22.9 Å². The maximum atomic E-state index is 10.7. The number of hydrogen-bond donors (Lipinski definition) is 5. The maximum Gasteiger partial charge on any atom is 0.211 e. The molecular weight excluding hydrogens is 494 g/mol. The molecule has 8 heteroatoms.